The smallest absolute Gasteiger partial charge is 0.305 e. The Bertz CT molecular complexity index is 3610. The van der Waals surface area contributed by atoms with Crippen LogP contribution in [0.5, 0.6) is 0 Å². The molecule has 0 spiro atoms. The number of carbonyl (C=O) groups excluding carboxylic acids is 15. The number of aromatic nitrogens is 3. The summed E-state index contributed by atoms with van der Waals surface area (Å²) in [5, 5.41) is 43.3. The van der Waals surface area contributed by atoms with Crippen LogP contribution in [0, 0.1) is 17.8 Å². The summed E-state index contributed by atoms with van der Waals surface area (Å²) in [5.74, 6) is -19.1. The van der Waals surface area contributed by atoms with Crippen LogP contribution in [0.25, 0.3) is 10.9 Å². The molecule has 14 atom stereocenters. The number of aliphatic carboxylic acids is 1. The monoisotopic (exact) mass is 1510 g/mol. The molecule has 40 heteroatoms. The van der Waals surface area contributed by atoms with Gasteiger partial charge in [0.15, 0.2) is 5.96 Å². The first kappa shape index (κ1) is 86.9. The van der Waals surface area contributed by atoms with E-state index in [0.717, 1.165) is 21.6 Å². The summed E-state index contributed by atoms with van der Waals surface area (Å²) < 4.78 is 0. The Morgan fingerprint density at radius 1 is 0.638 bits per heavy atom. The van der Waals surface area contributed by atoms with Gasteiger partial charge in [-0.3, -0.25) is 81.7 Å². The maximum absolute atomic E-state index is 14.8. The highest BCUT2D eigenvalue weighted by Gasteiger charge is 2.38. The van der Waals surface area contributed by atoms with Gasteiger partial charge in [0, 0.05) is 73.2 Å². The lowest BCUT2D eigenvalue weighted by Crippen LogP contribution is -2.61. The Hall–Kier alpha value is -10.5. The summed E-state index contributed by atoms with van der Waals surface area (Å²) in [7, 11) is 1.77. The Balaban J connectivity index is 1.89. The van der Waals surface area contributed by atoms with Crippen molar-refractivity contribution < 1.29 is 81.8 Å². The molecule has 2 aromatic heterocycles. The highest BCUT2D eigenvalue weighted by Crippen LogP contribution is 2.25. The number of aromatic amines is 2. The first-order valence-corrected chi connectivity index (χ1v) is 36.5. The lowest BCUT2D eigenvalue weighted by atomic mass is 9.98. The molecular weight excluding hydrogens is 1410 g/mol. The third-order valence-corrected chi connectivity index (χ3v) is 19.4. The van der Waals surface area contributed by atoms with Crippen molar-refractivity contribution in [3.8, 4) is 0 Å². The van der Waals surface area contributed by atoms with Crippen molar-refractivity contribution in [3.05, 3.63) is 54.2 Å². The second-order valence-electron chi connectivity index (χ2n) is 25.7. The molecule has 38 nitrogen and oxygen atoms in total. The molecule has 105 heavy (non-hydrogen) atoms. The van der Waals surface area contributed by atoms with E-state index in [9.17, 15) is 81.8 Å². The van der Waals surface area contributed by atoms with E-state index < -0.39 is 211 Å². The molecule has 0 bridgehead atoms. The molecule has 3 heterocycles. The minimum Gasteiger partial charge on any atom is -0.481 e. The van der Waals surface area contributed by atoms with E-state index in [1.807, 2.05) is 0 Å². The van der Waals surface area contributed by atoms with Crippen LogP contribution in [-0.2, 0) is 89.6 Å². The number of nitrogens with one attached hydrogen (secondary N) is 15. The quantitative estimate of drug-likeness (QED) is 0.0173. The number of rotatable bonds is 24. The second-order valence-corrected chi connectivity index (χ2v) is 28.3. The van der Waals surface area contributed by atoms with Crippen molar-refractivity contribution in [2.75, 3.05) is 24.6 Å². The number of guanidine groups is 1. The van der Waals surface area contributed by atoms with Gasteiger partial charge in [0.25, 0.3) is 0 Å². The molecule has 1 fully saturated rings. The summed E-state index contributed by atoms with van der Waals surface area (Å²) in [6.07, 6.45) is 1.85. The molecule has 0 saturated carbocycles. The van der Waals surface area contributed by atoms with Crippen LogP contribution in [0.1, 0.15) is 119 Å². The van der Waals surface area contributed by atoms with Crippen LogP contribution in [-0.4, -0.2) is 218 Å². The normalized spacial score (nSPS) is 23.4. The Kier molecular flexibility index (Phi) is 35.5. The predicted molar refractivity (Wildman–Crippen MR) is 386 cm³/mol. The first-order chi connectivity index (χ1) is 49.5. The van der Waals surface area contributed by atoms with Gasteiger partial charge in [-0.2, -0.15) is 0 Å². The molecule has 578 valence electrons. The molecule has 3 aromatic rings. The number of carbonyl (C=O) groups is 16. The summed E-state index contributed by atoms with van der Waals surface area (Å²) in [4.78, 5) is 235. The molecular formula is C65H99N21O17S2. The third kappa shape index (κ3) is 28.9. The van der Waals surface area contributed by atoms with Gasteiger partial charge in [-0.1, -0.05) is 94.2 Å². The molecule has 0 aliphatic carbocycles. The molecule has 1 aliphatic rings. The summed E-state index contributed by atoms with van der Waals surface area (Å²) in [6.45, 7) is 12.6. The van der Waals surface area contributed by atoms with Crippen molar-refractivity contribution in [3.63, 3.8) is 0 Å². The van der Waals surface area contributed by atoms with Crippen molar-refractivity contribution in [1.29, 1.82) is 0 Å². The Morgan fingerprint density at radius 3 is 1.82 bits per heavy atom. The molecule has 15 amide bonds. The van der Waals surface area contributed by atoms with Crippen LogP contribution in [0.3, 0.4) is 0 Å². The highest BCUT2D eigenvalue weighted by molar-refractivity contribution is 8.76. The number of imidazole rings is 1. The average Bonchev–Trinajstić information content (AvgIpc) is 1.71. The maximum Gasteiger partial charge on any atom is 0.305 e. The minimum atomic E-state index is -2.01. The lowest BCUT2D eigenvalue weighted by molar-refractivity contribution is -0.141. The highest BCUT2D eigenvalue weighted by atomic mass is 33.1. The number of H-pyrrole nitrogens is 2. The predicted octanol–water partition coefficient (Wildman–Crippen LogP) is -4.91. The van der Waals surface area contributed by atoms with Gasteiger partial charge < -0.3 is 107 Å². The number of aliphatic imine (C=N–C) groups is 1. The Labute approximate surface area is 613 Å². The number of nitrogens with zero attached hydrogens (tertiary/aromatic N) is 2. The zero-order valence-corrected chi connectivity index (χ0v) is 61.5. The fourth-order valence-corrected chi connectivity index (χ4v) is 12.8. The topological polar surface area (TPSA) is 611 Å². The van der Waals surface area contributed by atoms with E-state index in [1.54, 1.807) is 52.0 Å². The molecule has 0 unspecified atom stereocenters. The number of fused-ring (bicyclic) bond motifs is 1. The van der Waals surface area contributed by atoms with Crippen molar-refractivity contribution in [2.24, 2.45) is 45.7 Å². The SMILES string of the molecule is CC[C@H](C)[C@H](NC(=O)[C@@H]1CSSC[C@H](NC(=O)[C@@H](NC(C)=O)[C@@H](C)CC)C(=O)N[C@@H](C(C)C)C(=O)N[C@@H](C)C(=O)N[C@@H](CCC(N)=O)C(=O)N[C@@H](CC(=O)O)C(=O)N[C@@H](Cc2c[nH]c3ccccc23)C(=O)NCC(=O)N[C@@H](C)C(=O)N[C@@H](Cc2cnc[nH]2)C(=O)N[C@@H](CCCN=C(N)N)C(=O)N1)C(N)=O. The average molecular weight is 1510 g/mol. The van der Waals surface area contributed by atoms with E-state index in [-0.39, 0.29) is 49.7 Å². The number of primary amides is 2. The zero-order valence-electron chi connectivity index (χ0n) is 59.9. The van der Waals surface area contributed by atoms with Gasteiger partial charge in [0.05, 0.1) is 19.3 Å². The van der Waals surface area contributed by atoms with Crippen molar-refractivity contribution >= 4 is 133 Å². The number of hydrogen-bond donors (Lipinski definition) is 20. The van der Waals surface area contributed by atoms with Gasteiger partial charge in [0.2, 0.25) is 88.6 Å². The summed E-state index contributed by atoms with van der Waals surface area (Å²) in [6, 6.07) is -11.9. The maximum atomic E-state index is 14.8. The summed E-state index contributed by atoms with van der Waals surface area (Å²) >= 11 is 0. The number of carboxylic acids is 1. The van der Waals surface area contributed by atoms with Gasteiger partial charge in [-0.05, 0) is 62.5 Å². The molecule has 24 N–H and O–H groups in total. The third-order valence-electron chi connectivity index (χ3n) is 16.9. The van der Waals surface area contributed by atoms with E-state index in [2.05, 4.69) is 89.1 Å². The van der Waals surface area contributed by atoms with Crippen molar-refractivity contribution in [2.45, 2.75) is 193 Å². The first-order valence-electron chi connectivity index (χ1n) is 34.0. The number of para-hydroxylation sites is 1. The van der Waals surface area contributed by atoms with Crippen molar-refractivity contribution in [1.82, 2.24) is 84.1 Å². The van der Waals surface area contributed by atoms with Gasteiger partial charge in [-0.25, -0.2) is 4.98 Å². The standard InChI is InChI=1S/C65H99N21O17S2/c1-10-31(5)51(53(67)92)86-62(101)45-27-104-105-28-46(84-64(103)52(32(6)11-2)77-35(9)87)61(100)85-50(30(3)4)63(102)76-34(8)55(94)78-41(18-19-47(66)88)58(97)82-44(23-49(90)91)60(99)81-42(21-36-24-72-39-16-13-12-15-38(36)39)56(95)73-26-48(89)75-33(7)54(93)80-43(22-37-25-70-29-74-37)59(98)79-40(57(96)83-45)17-14-20-71-65(68)69/h12-13,15-16,24-25,29-34,40-46,50-52,72H,10-11,14,17-23,26-28H2,1-9H3,(H2,66,88)(H2,67,92)(H,70,74)(H,73,95)(H,75,89)(H,76,102)(H,77,87)(H,78,94)(H,79,98)(H,80,93)(H,81,99)(H,82,97)(H,83,96)(H,84,103)(H,85,100)(H,86,101)(H,90,91)(H4,68,69,71)/t31-,32-,33-,34-,40-,41-,42-,43-,44-,45-,46-,50-,51-,52-/m0/s1. The van der Waals surface area contributed by atoms with Crippen LogP contribution >= 0.6 is 21.6 Å². The van der Waals surface area contributed by atoms with Gasteiger partial charge >= 0.3 is 5.97 Å². The minimum absolute atomic E-state index is 0.0229. The summed E-state index contributed by atoms with van der Waals surface area (Å²) in [5.41, 5.74) is 23.8. The number of carboxylic acid groups (broad SMARTS) is 1. The fourth-order valence-electron chi connectivity index (χ4n) is 10.5. The molecule has 1 aromatic carbocycles. The van der Waals surface area contributed by atoms with E-state index >= 15 is 0 Å². The fraction of sp³-hybridized carbons (Fsp3) is 0.569. The number of nitrogens with two attached hydrogens (primary N) is 4. The van der Waals surface area contributed by atoms with E-state index in [0.29, 0.717) is 35.0 Å². The number of amides is 15. The largest absolute Gasteiger partial charge is 0.481 e. The number of hydrogen-bond acceptors (Lipinski definition) is 20. The number of benzene rings is 1. The van der Waals surface area contributed by atoms with Crippen LogP contribution in [0.4, 0.5) is 0 Å². The zero-order chi connectivity index (χ0) is 78.4. The lowest BCUT2D eigenvalue weighted by Gasteiger charge is -2.29. The van der Waals surface area contributed by atoms with Crippen LogP contribution < -0.4 is 92.1 Å². The molecule has 4 rings (SSSR count). The molecule has 0 radical (unpaired) electrons. The van der Waals surface area contributed by atoms with E-state index in [1.165, 1.54) is 53.3 Å². The second kappa shape index (κ2) is 42.9. The van der Waals surface area contributed by atoms with Gasteiger partial charge in [-0.15, -0.1) is 0 Å². The molecule has 1 saturated heterocycles. The Morgan fingerprint density at radius 2 is 1.21 bits per heavy atom. The molecule has 1 aliphatic heterocycles. The van der Waals surface area contributed by atoms with Crippen LogP contribution in [0.2, 0.25) is 0 Å². The van der Waals surface area contributed by atoms with E-state index in [4.69, 9.17) is 22.9 Å². The van der Waals surface area contributed by atoms with Crippen LogP contribution in [0.15, 0.2) is 48.0 Å². The van der Waals surface area contributed by atoms with Gasteiger partial charge in [0.1, 0.15) is 72.5 Å².